The molecule has 0 atom stereocenters. The highest BCUT2D eigenvalue weighted by molar-refractivity contribution is 6.10. The van der Waals surface area contributed by atoms with E-state index in [0.29, 0.717) is 33.4 Å². The molecule has 1 aromatic heterocycles. The maximum Gasteiger partial charge on any atom is 0.344 e. The van der Waals surface area contributed by atoms with Gasteiger partial charge in [0, 0.05) is 16.3 Å². The molecule has 1 aliphatic heterocycles. The zero-order valence-corrected chi connectivity index (χ0v) is 10.6. The summed E-state index contributed by atoms with van der Waals surface area (Å²) < 4.78 is 16.2. The molecule has 5 nitrogen and oxygen atoms in total. The van der Waals surface area contributed by atoms with Gasteiger partial charge in [-0.25, -0.2) is 4.79 Å². The Hall–Kier alpha value is -2.69. The van der Waals surface area contributed by atoms with E-state index in [4.69, 9.17) is 13.9 Å². The van der Waals surface area contributed by atoms with E-state index >= 15 is 0 Å². The predicted octanol–water partition coefficient (Wildman–Crippen LogP) is 2.69. The van der Waals surface area contributed by atoms with E-state index < -0.39 is 5.63 Å². The van der Waals surface area contributed by atoms with Gasteiger partial charge in [-0.2, -0.15) is 0 Å². The Morgan fingerprint density at radius 3 is 2.75 bits per heavy atom. The highest BCUT2D eigenvalue weighted by atomic mass is 16.7. The van der Waals surface area contributed by atoms with Gasteiger partial charge in [0.1, 0.15) is 11.3 Å². The third kappa shape index (κ3) is 1.29. The zero-order valence-electron chi connectivity index (χ0n) is 10.6. The van der Waals surface area contributed by atoms with Crippen molar-refractivity contribution in [2.45, 2.75) is 6.92 Å². The maximum absolute atomic E-state index is 12.1. The predicted molar refractivity (Wildman–Crippen MR) is 72.5 cm³/mol. The number of fused-ring (bicyclic) bond motifs is 5. The van der Waals surface area contributed by atoms with Crippen LogP contribution in [0.25, 0.3) is 21.7 Å². The Bertz CT molecular complexity index is 923. The van der Waals surface area contributed by atoms with Gasteiger partial charge >= 0.3 is 5.63 Å². The second kappa shape index (κ2) is 3.66. The number of hydrogen-bond acceptors (Lipinski definition) is 5. The number of benzene rings is 2. The molecule has 1 N–H and O–H groups in total. The van der Waals surface area contributed by atoms with Crippen LogP contribution in [0.4, 0.5) is 0 Å². The van der Waals surface area contributed by atoms with Crippen LogP contribution >= 0.6 is 0 Å². The van der Waals surface area contributed by atoms with Crippen molar-refractivity contribution in [3.8, 4) is 17.2 Å². The van der Waals surface area contributed by atoms with Crippen LogP contribution in [0.15, 0.2) is 33.5 Å². The first-order chi connectivity index (χ1) is 9.66. The molecule has 0 saturated heterocycles. The Morgan fingerprint density at radius 2 is 1.90 bits per heavy atom. The smallest absolute Gasteiger partial charge is 0.344 e. The molecule has 2 aromatic carbocycles. The highest BCUT2D eigenvalue weighted by Gasteiger charge is 2.22. The van der Waals surface area contributed by atoms with Crippen LogP contribution in [0.1, 0.15) is 5.56 Å². The zero-order chi connectivity index (χ0) is 13.9. The quantitative estimate of drug-likeness (QED) is 0.502. The lowest BCUT2D eigenvalue weighted by Crippen LogP contribution is -2.01. The summed E-state index contributed by atoms with van der Waals surface area (Å²) in [4.78, 5) is 12.1. The van der Waals surface area contributed by atoms with E-state index in [1.165, 1.54) is 0 Å². The Balaban J connectivity index is 2.32. The van der Waals surface area contributed by atoms with Crippen LogP contribution in [0.3, 0.4) is 0 Å². The molecule has 2 heterocycles. The summed E-state index contributed by atoms with van der Waals surface area (Å²) in [5, 5.41) is 11.6. The van der Waals surface area contributed by atoms with Crippen LogP contribution in [0.5, 0.6) is 17.2 Å². The van der Waals surface area contributed by atoms with Crippen molar-refractivity contribution in [2.24, 2.45) is 0 Å². The first-order valence-electron chi connectivity index (χ1n) is 6.14. The molecule has 1 aliphatic rings. The normalized spacial score (nSPS) is 13.2. The van der Waals surface area contributed by atoms with Crippen LogP contribution in [-0.4, -0.2) is 11.9 Å². The summed E-state index contributed by atoms with van der Waals surface area (Å²) in [6.45, 7) is 1.83. The van der Waals surface area contributed by atoms with Crippen LogP contribution in [-0.2, 0) is 0 Å². The van der Waals surface area contributed by atoms with E-state index in [2.05, 4.69) is 0 Å². The number of phenols is 1. The first kappa shape index (κ1) is 11.2. The summed E-state index contributed by atoms with van der Waals surface area (Å²) in [7, 11) is 0. The molecule has 5 heteroatoms. The van der Waals surface area contributed by atoms with Crippen molar-refractivity contribution in [2.75, 3.05) is 6.79 Å². The monoisotopic (exact) mass is 270 g/mol. The Morgan fingerprint density at radius 1 is 1.10 bits per heavy atom. The number of aromatic hydroxyl groups is 1. The summed E-state index contributed by atoms with van der Waals surface area (Å²) in [5.74, 6) is 1.24. The molecular weight excluding hydrogens is 260 g/mol. The largest absolute Gasteiger partial charge is 0.508 e. The molecule has 4 rings (SSSR count). The average molecular weight is 270 g/mol. The molecule has 0 aliphatic carbocycles. The fourth-order valence-electron chi connectivity index (χ4n) is 2.57. The average Bonchev–Trinajstić information content (AvgIpc) is 2.92. The molecule has 0 bridgehead atoms. The van der Waals surface area contributed by atoms with Gasteiger partial charge < -0.3 is 19.0 Å². The first-order valence-corrected chi connectivity index (χ1v) is 6.14. The third-order valence-electron chi connectivity index (χ3n) is 3.60. The van der Waals surface area contributed by atoms with E-state index in [-0.39, 0.29) is 12.5 Å². The van der Waals surface area contributed by atoms with Gasteiger partial charge in [-0.3, -0.25) is 0 Å². The van der Waals surface area contributed by atoms with Crippen molar-refractivity contribution in [1.29, 1.82) is 0 Å². The fourth-order valence-corrected chi connectivity index (χ4v) is 2.57. The van der Waals surface area contributed by atoms with Gasteiger partial charge in [-0.1, -0.05) is 0 Å². The molecular formula is C15H10O5. The van der Waals surface area contributed by atoms with E-state index in [1.54, 1.807) is 31.2 Å². The number of hydrogen-bond donors (Lipinski definition) is 1. The second-order valence-electron chi connectivity index (χ2n) is 4.70. The number of rotatable bonds is 0. The minimum Gasteiger partial charge on any atom is -0.508 e. The van der Waals surface area contributed by atoms with Gasteiger partial charge in [-0.15, -0.1) is 0 Å². The Kier molecular flexibility index (Phi) is 2.04. The van der Waals surface area contributed by atoms with Gasteiger partial charge in [0.05, 0.1) is 5.39 Å². The van der Waals surface area contributed by atoms with Crippen molar-refractivity contribution in [3.05, 3.63) is 40.2 Å². The molecule has 20 heavy (non-hydrogen) atoms. The van der Waals surface area contributed by atoms with Gasteiger partial charge in [0.25, 0.3) is 0 Å². The van der Waals surface area contributed by atoms with E-state index in [1.807, 2.05) is 0 Å². The number of ether oxygens (including phenoxy) is 2. The molecule has 0 unspecified atom stereocenters. The molecule has 0 fully saturated rings. The topological polar surface area (TPSA) is 68.9 Å². The minimum absolute atomic E-state index is 0.0877. The molecule has 0 amide bonds. The maximum atomic E-state index is 12.1. The van der Waals surface area contributed by atoms with Crippen molar-refractivity contribution in [1.82, 2.24) is 0 Å². The number of phenolic OH excluding ortho intramolecular Hbond substituents is 1. The lowest BCUT2D eigenvalue weighted by molar-refractivity contribution is 0.175. The summed E-state index contributed by atoms with van der Waals surface area (Å²) >= 11 is 0. The third-order valence-corrected chi connectivity index (χ3v) is 3.60. The van der Waals surface area contributed by atoms with Crippen molar-refractivity contribution < 1.29 is 19.0 Å². The molecule has 100 valence electrons. The fraction of sp³-hybridized carbons (Fsp3) is 0.133. The summed E-state index contributed by atoms with van der Waals surface area (Å²) in [5.41, 5.74) is 0.434. The second-order valence-corrected chi connectivity index (χ2v) is 4.70. The molecule has 0 radical (unpaired) electrons. The van der Waals surface area contributed by atoms with E-state index in [0.717, 1.165) is 5.39 Å². The number of aryl methyl sites for hydroxylation is 1. The van der Waals surface area contributed by atoms with Crippen molar-refractivity contribution in [3.63, 3.8) is 0 Å². The lowest BCUT2D eigenvalue weighted by Gasteiger charge is -2.08. The van der Waals surface area contributed by atoms with Gasteiger partial charge in [0.15, 0.2) is 11.5 Å². The van der Waals surface area contributed by atoms with Gasteiger partial charge in [-0.05, 0) is 31.2 Å². The minimum atomic E-state index is -0.459. The van der Waals surface area contributed by atoms with Crippen LogP contribution < -0.4 is 15.1 Å². The summed E-state index contributed by atoms with van der Waals surface area (Å²) in [6.07, 6.45) is 0. The van der Waals surface area contributed by atoms with E-state index in [9.17, 15) is 9.90 Å². The standard InChI is InChI=1S/C15H10O5/c1-7-10(16)4-2-8-12-9(15(17)20-13(7)8)3-5-11-14(12)19-6-18-11/h2-5,16H,6H2,1H3. The van der Waals surface area contributed by atoms with Gasteiger partial charge in [0.2, 0.25) is 6.79 Å². The SMILES string of the molecule is Cc1c(O)ccc2c1oc(=O)c1ccc3c(c12)OCO3. The lowest BCUT2D eigenvalue weighted by atomic mass is 10.0. The molecule has 3 aromatic rings. The van der Waals surface area contributed by atoms with Crippen molar-refractivity contribution >= 4 is 21.7 Å². The molecule has 0 spiro atoms. The Labute approximate surface area is 113 Å². The summed E-state index contributed by atoms with van der Waals surface area (Å²) in [6, 6.07) is 6.65. The van der Waals surface area contributed by atoms with Crippen LogP contribution in [0, 0.1) is 6.92 Å². The van der Waals surface area contributed by atoms with Crippen LogP contribution in [0.2, 0.25) is 0 Å². The highest BCUT2D eigenvalue weighted by Crippen LogP contribution is 2.42. The molecule has 0 saturated carbocycles.